The largest absolute Gasteiger partial charge is 0.409 e. The lowest BCUT2D eigenvalue weighted by Gasteiger charge is -2.07. The number of nitrogens with two attached hydrogens (primary N) is 1. The third-order valence-corrected chi connectivity index (χ3v) is 2.44. The van der Waals surface area contributed by atoms with Gasteiger partial charge in [0.1, 0.15) is 12.1 Å². The van der Waals surface area contributed by atoms with Gasteiger partial charge in [0.2, 0.25) is 0 Å². The molecule has 0 spiro atoms. The minimum Gasteiger partial charge on any atom is -0.409 e. The molecule has 0 atom stereocenters. The Morgan fingerprint density at radius 3 is 2.60 bits per heavy atom. The molecule has 1 amide bonds. The van der Waals surface area contributed by atoms with Gasteiger partial charge >= 0.3 is 0 Å². The van der Waals surface area contributed by atoms with E-state index in [4.69, 9.17) is 10.9 Å². The quantitative estimate of drug-likeness (QED) is 0.334. The van der Waals surface area contributed by atoms with Crippen molar-refractivity contribution >= 4 is 17.4 Å². The monoisotopic (exact) mass is 275 g/mol. The Labute approximate surface area is 113 Å². The van der Waals surface area contributed by atoms with Gasteiger partial charge in [0.25, 0.3) is 5.91 Å². The summed E-state index contributed by atoms with van der Waals surface area (Å²) < 4.78 is 13.8. The SMILES string of the molecule is N/C(=N/O)c1ccc(NC(=O)c2cncnc2)c(F)c1. The normalized spacial score (nSPS) is 11.2. The molecule has 0 fully saturated rings. The Balaban J connectivity index is 2.21. The average molecular weight is 275 g/mol. The van der Waals surface area contributed by atoms with Gasteiger partial charge in [-0.15, -0.1) is 0 Å². The maximum absolute atomic E-state index is 13.8. The van der Waals surface area contributed by atoms with Crippen molar-refractivity contribution in [3.05, 3.63) is 53.9 Å². The highest BCUT2D eigenvalue weighted by Crippen LogP contribution is 2.16. The number of anilines is 1. The van der Waals surface area contributed by atoms with Crippen molar-refractivity contribution < 1.29 is 14.4 Å². The Kier molecular flexibility index (Phi) is 3.85. The highest BCUT2D eigenvalue weighted by atomic mass is 19.1. The van der Waals surface area contributed by atoms with Gasteiger partial charge in [0.15, 0.2) is 5.84 Å². The first-order chi connectivity index (χ1) is 9.61. The van der Waals surface area contributed by atoms with E-state index < -0.39 is 11.7 Å². The number of carbonyl (C=O) groups is 1. The Morgan fingerprint density at radius 1 is 1.30 bits per heavy atom. The zero-order valence-electron chi connectivity index (χ0n) is 10.1. The van der Waals surface area contributed by atoms with Crippen LogP contribution in [0.4, 0.5) is 10.1 Å². The molecule has 1 aromatic heterocycles. The van der Waals surface area contributed by atoms with E-state index in [1.54, 1.807) is 0 Å². The summed E-state index contributed by atoms with van der Waals surface area (Å²) in [7, 11) is 0. The Morgan fingerprint density at radius 2 is 2.00 bits per heavy atom. The molecule has 0 aliphatic rings. The molecule has 102 valence electrons. The average Bonchev–Trinajstić information content (AvgIpc) is 2.49. The van der Waals surface area contributed by atoms with Gasteiger partial charge < -0.3 is 16.3 Å². The molecule has 4 N–H and O–H groups in total. The van der Waals surface area contributed by atoms with Crippen LogP contribution in [0.2, 0.25) is 0 Å². The predicted octanol–water partition coefficient (Wildman–Crippen LogP) is 0.962. The van der Waals surface area contributed by atoms with Gasteiger partial charge in [-0.1, -0.05) is 5.16 Å². The third kappa shape index (κ3) is 2.86. The van der Waals surface area contributed by atoms with Crippen molar-refractivity contribution in [3.63, 3.8) is 0 Å². The zero-order chi connectivity index (χ0) is 14.5. The Bertz CT molecular complexity index is 660. The number of amides is 1. The topological polar surface area (TPSA) is 113 Å². The smallest absolute Gasteiger partial charge is 0.258 e. The number of hydrogen-bond donors (Lipinski definition) is 3. The second-order valence-electron chi connectivity index (χ2n) is 3.76. The molecule has 1 heterocycles. The van der Waals surface area contributed by atoms with Crippen LogP contribution in [-0.2, 0) is 0 Å². The summed E-state index contributed by atoms with van der Waals surface area (Å²) in [5, 5.41) is 13.6. The number of nitrogens with one attached hydrogen (secondary N) is 1. The van der Waals surface area contributed by atoms with Gasteiger partial charge in [0.05, 0.1) is 11.3 Å². The third-order valence-electron chi connectivity index (χ3n) is 2.44. The van der Waals surface area contributed by atoms with Crippen LogP contribution in [0.3, 0.4) is 0 Å². The van der Waals surface area contributed by atoms with Crippen molar-refractivity contribution in [1.82, 2.24) is 9.97 Å². The van der Waals surface area contributed by atoms with E-state index in [0.717, 1.165) is 6.07 Å². The van der Waals surface area contributed by atoms with Crippen molar-refractivity contribution in [2.24, 2.45) is 10.9 Å². The summed E-state index contributed by atoms with van der Waals surface area (Å²) in [6, 6.07) is 3.77. The molecule has 0 bridgehead atoms. The van der Waals surface area contributed by atoms with E-state index in [1.165, 1.54) is 30.9 Å². The first kappa shape index (κ1) is 13.4. The van der Waals surface area contributed by atoms with E-state index >= 15 is 0 Å². The summed E-state index contributed by atoms with van der Waals surface area (Å²) in [6.45, 7) is 0. The minimum absolute atomic E-state index is 0.0339. The van der Waals surface area contributed by atoms with Crippen LogP contribution >= 0.6 is 0 Å². The van der Waals surface area contributed by atoms with Crippen LogP contribution in [0.25, 0.3) is 0 Å². The highest BCUT2D eigenvalue weighted by Gasteiger charge is 2.11. The second-order valence-corrected chi connectivity index (χ2v) is 3.76. The maximum atomic E-state index is 13.8. The van der Waals surface area contributed by atoms with Crippen LogP contribution in [0.15, 0.2) is 42.1 Å². The van der Waals surface area contributed by atoms with Crippen LogP contribution in [0, 0.1) is 5.82 Å². The van der Waals surface area contributed by atoms with Gasteiger partial charge in [-0.05, 0) is 18.2 Å². The standard InChI is InChI=1S/C12H10FN5O2/c13-9-3-7(11(14)18-20)1-2-10(9)17-12(19)8-4-15-6-16-5-8/h1-6,20H,(H2,14,18)(H,17,19). The first-order valence-corrected chi connectivity index (χ1v) is 5.45. The predicted molar refractivity (Wildman–Crippen MR) is 68.9 cm³/mol. The summed E-state index contributed by atoms with van der Waals surface area (Å²) in [4.78, 5) is 19.2. The molecule has 0 saturated heterocycles. The number of oxime groups is 1. The van der Waals surface area contributed by atoms with E-state index in [0.29, 0.717) is 0 Å². The molecule has 0 saturated carbocycles. The molecule has 7 nitrogen and oxygen atoms in total. The fourth-order valence-electron chi connectivity index (χ4n) is 1.44. The maximum Gasteiger partial charge on any atom is 0.258 e. The molecule has 2 rings (SSSR count). The van der Waals surface area contributed by atoms with E-state index in [9.17, 15) is 9.18 Å². The molecular weight excluding hydrogens is 265 g/mol. The van der Waals surface area contributed by atoms with Crippen LogP contribution in [-0.4, -0.2) is 26.9 Å². The van der Waals surface area contributed by atoms with Crippen LogP contribution in [0.1, 0.15) is 15.9 Å². The summed E-state index contributed by atoms with van der Waals surface area (Å²) in [5.74, 6) is -1.47. The van der Waals surface area contributed by atoms with E-state index in [1.807, 2.05) is 0 Å². The lowest BCUT2D eigenvalue weighted by atomic mass is 10.1. The first-order valence-electron chi connectivity index (χ1n) is 5.45. The van der Waals surface area contributed by atoms with Crippen molar-refractivity contribution in [3.8, 4) is 0 Å². The number of hydrogen-bond acceptors (Lipinski definition) is 5. The fraction of sp³-hybridized carbons (Fsp3) is 0. The van der Waals surface area contributed by atoms with Gasteiger partial charge in [0, 0.05) is 18.0 Å². The molecular formula is C12H10FN5O2. The van der Waals surface area contributed by atoms with Gasteiger partial charge in [-0.2, -0.15) is 0 Å². The molecule has 0 unspecified atom stereocenters. The van der Waals surface area contributed by atoms with Crippen molar-refractivity contribution in [2.75, 3.05) is 5.32 Å². The summed E-state index contributed by atoms with van der Waals surface area (Å²) in [5.41, 5.74) is 5.70. The minimum atomic E-state index is -0.709. The zero-order valence-corrected chi connectivity index (χ0v) is 10.1. The molecule has 0 radical (unpaired) electrons. The summed E-state index contributed by atoms with van der Waals surface area (Å²) >= 11 is 0. The summed E-state index contributed by atoms with van der Waals surface area (Å²) in [6.07, 6.45) is 3.90. The molecule has 20 heavy (non-hydrogen) atoms. The molecule has 2 aromatic rings. The number of halogens is 1. The lowest BCUT2D eigenvalue weighted by Crippen LogP contribution is -2.16. The van der Waals surface area contributed by atoms with Crippen LogP contribution < -0.4 is 11.1 Å². The molecule has 1 aromatic carbocycles. The van der Waals surface area contributed by atoms with Crippen LogP contribution in [0.5, 0.6) is 0 Å². The number of amidine groups is 1. The van der Waals surface area contributed by atoms with Gasteiger partial charge in [-0.25, -0.2) is 14.4 Å². The lowest BCUT2D eigenvalue weighted by molar-refractivity contribution is 0.102. The van der Waals surface area contributed by atoms with Gasteiger partial charge in [-0.3, -0.25) is 4.79 Å². The number of aromatic nitrogens is 2. The fourth-order valence-corrected chi connectivity index (χ4v) is 1.44. The molecule has 8 heteroatoms. The Hall–Kier alpha value is -3.03. The number of carbonyl (C=O) groups excluding carboxylic acids is 1. The highest BCUT2D eigenvalue weighted by molar-refractivity contribution is 6.04. The van der Waals surface area contributed by atoms with E-state index in [2.05, 4.69) is 20.4 Å². The van der Waals surface area contributed by atoms with Crippen molar-refractivity contribution in [2.45, 2.75) is 0 Å². The number of nitrogens with zero attached hydrogens (tertiary/aromatic N) is 3. The second kappa shape index (κ2) is 5.74. The number of rotatable bonds is 3. The number of benzene rings is 1. The van der Waals surface area contributed by atoms with E-state index in [-0.39, 0.29) is 22.6 Å². The van der Waals surface area contributed by atoms with Crippen molar-refractivity contribution in [1.29, 1.82) is 0 Å². The molecule has 0 aliphatic carbocycles. The molecule has 0 aliphatic heterocycles.